The van der Waals surface area contributed by atoms with Gasteiger partial charge in [-0.1, -0.05) is 11.6 Å². The van der Waals surface area contributed by atoms with E-state index >= 15 is 0 Å². The smallest absolute Gasteiger partial charge is 0.227 e. The summed E-state index contributed by atoms with van der Waals surface area (Å²) in [5.41, 5.74) is 3.36. The first-order valence-corrected chi connectivity index (χ1v) is 8.64. The number of carbonyl (C=O) groups is 1. The Morgan fingerprint density at radius 3 is 2.38 bits per heavy atom. The van der Waals surface area contributed by atoms with Gasteiger partial charge in [0, 0.05) is 11.6 Å². The highest BCUT2D eigenvalue weighted by molar-refractivity contribution is 6.31. The standard InChI is InChI=1S/C18H22ClN3O2/c1-11-17(19)12(2)22(21-11)15-7-5-14(6-8-15)20-18(24)13-3-9-16(23)10-4-13/h5-8,13,16,23H,3-4,9-10H2,1-2H3,(H,20,24). The molecule has 1 aromatic carbocycles. The fourth-order valence-corrected chi connectivity index (χ4v) is 3.26. The summed E-state index contributed by atoms with van der Waals surface area (Å²) < 4.78 is 1.80. The number of aliphatic hydroxyl groups excluding tert-OH is 1. The van der Waals surface area contributed by atoms with Crippen molar-refractivity contribution in [2.24, 2.45) is 5.92 Å². The topological polar surface area (TPSA) is 67.2 Å². The minimum Gasteiger partial charge on any atom is -0.393 e. The van der Waals surface area contributed by atoms with Gasteiger partial charge in [0.15, 0.2) is 0 Å². The van der Waals surface area contributed by atoms with Crippen LogP contribution in [0, 0.1) is 19.8 Å². The van der Waals surface area contributed by atoms with Crippen molar-refractivity contribution in [3.05, 3.63) is 40.7 Å². The fraction of sp³-hybridized carbons (Fsp3) is 0.444. The highest BCUT2D eigenvalue weighted by Crippen LogP contribution is 2.26. The Labute approximate surface area is 146 Å². The van der Waals surface area contributed by atoms with E-state index in [0.717, 1.165) is 35.6 Å². The lowest BCUT2D eigenvalue weighted by Crippen LogP contribution is -2.28. The van der Waals surface area contributed by atoms with Gasteiger partial charge < -0.3 is 10.4 Å². The predicted molar refractivity (Wildman–Crippen MR) is 94.6 cm³/mol. The van der Waals surface area contributed by atoms with Crippen LogP contribution in [0.3, 0.4) is 0 Å². The van der Waals surface area contributed by atoms with Crippen LogP contribution in [0.15, 0.2) is 24.3 Å². The Hall–Kier alpha value is -1.85. The van der Waals surface area contributed by atoms with Crippen LogP contribution in [0.1, 0.15) is 37.1 Å². The molecular weight excluding hydrogens is 326 g/mol. The number of aliphatic hydroxyl groups is 1. The molecule has 1 aliphatic rings. The highest BCUT2D eigenvalue weighted by atomic mass is 35.5. The van der Waals surface area contributed by atoms with Crippen molar-refractivity contribution in [3.63, 3.8) is 0 Å². The van der Waals surface area contributed by atoms with Gasteiger partial charge in [0.1, 0.15) is 0 Å². The van der Waals surface area contributed by atoms with Gasteiger partial charge in [-0.2, -0.15) is 5.10 Å². The number of anilines is 1. The number of benzene rings is 1. The molecule has 0 bridgehead atoms. The first-order valence-electron chi connectivity index (χ1n) is 8.27. The summed E-state index contributed by atoms with van der Waals surface area (Å²) in [4.78, 5) is 12.3. The number of carbonyl (C=O) groups excluding carboxylic acids is 1. The van der Waals surface area contributed by atoms with Gasteiger partial charge in [-0.25, -0.2) is 4.68 Å². The second-order valence-electron chi connectivity index (χ2n) is 6.44. The van der Waals surface area contributed by atoms with Gasteiger partial charge in [-0.3, -0.25) is 4.79 Å². The number of nitrogens with zero attached hydrogens (tertiary/aromatic N) is 2. The SMILES string of the molecule is Cc1nn(-c2ccc(NC(=O)C3CCC(O)CC3)cc2)c(C)c1Cl. The number of nitrogens with one attached hydrogen (secondary N) is 1. The maximum atomic E-state index is 12.3. The van der Waals surface area contributed by atoms with Crippen LogP contribution in [-0.4, -0.2) is 26.9 Å². The number of hydrogen-bond acceptors (Lipinski definition) is 3. The minimum absolute atomic E-state index is 0.0112. The molecule has 0 radical (unpaired) electrons. The summed E-state index contributed by atoms with van der Waals surface area (Å²) in [6.07, 6.45) is 2.65. The van der Waals surface area contributed by atoms with E-state index in [1.165, 1.54) is 0 Å². The Bertz CT molecular complexity index is 731. The Morgan fingerprint density at radius 1 is 1.21 bits per heavy atom. The molecule has 0 unspecified atom stereocenters. The zero-order chi connectivity index (χ0) is 17.3. The second-order valence-corrected chi connectivity index (χ2v) is 6.82. The molecule has 1 aromatic heterocycles. The van der Waals surface area contributed by atoms with Gasteiger partial charge in [0.2, 0.25) is 5.91 Å². The maximum Gasteiger partial charge on any atom is 0.227 e. The van der Waals surface area contributed by atoms with Gasteiger partial charge in [-0.05, 0) is 63.8 Å². The molecule has 1 aliphatic carbocycles. The zero-order valence-corrected chi connectivity index (χ0v) is 14.7. The van der Waals surface area contributed by atoms with Crippen LogP contribution in [0.25, 0.3) is 5.69 Å². The monoisotopic (exact) mass is 347 g/mol. The Kier molecular flexibility index (Phi) is 4.92. The van der Waals surface area contributed by atoms with Crippen molar-refractivity contribution in [1.82, 2.24) is 9.78 Å². The van der Waals surface area contributed by atoms with Crippen LogP contribution in [-0.2, 0) is 4.79 Å². The second kappa shape index (κ2) is 6.95. The van der Waals surface area contributed by atoms with Crippen molar-refractivity contribution in [3.8, 4) is 5.69 Å². The van der Waals surface area contributed by atoms with Crippen molar-refractivity contribution < 1.29 is 9.90 Å². The molecular formula is C18H22ClN3O2. The van der Waals surface area contributed by atoms with E-state index in [-0.39, 0.29) is 17.9 Å². The van der Waals surface area contributed by atoms with E-state index in [2.05, 4.69) is 10.4 Å². The van der Waals surface area contributed by atoms with E-state index < -0.39 is 0 Å². The molecule has 0 spiro atoms. The molecule has 1 amide bonds. The van der Waals surface area contributed by atoms with Crippen LogP contribution in [0.4, 0.5) is 5.69 Å². The summed E-state index contributed by atoms with van der Waals surface area (Å²) in [6, 6.07) is 7.57. The van der Waals surface area contributed by atoms with Crippen LogP contribution >= 0.6 is 11.6 Å². The fourth-order valence-electron chi connectivity index (χ4n) is 3.14. The van der Waals surface area contributed by atoms with Crippen molar-refractivity contribution in [1.29, 1.82) is 0 Å². The van der Waals surface area contributed by atoms with Gasteiger partial charge >= 0.3 is 0 Å². The third-order valence-electron chi connectivity index (χ3n) is 4.65. The summed E-state index contributed by atoms with van der Waals surface area (Å²) in [5.74, 6) is 0.0201. The summed E-state index contributed by atoms with van der Waals surface area (Å²) >= 11 is 6.19. The van der Waals surface area contributed by atoms with E-state index in [4.69, 9.17) is 11.6 Å². The van der Waals surface area contributed by atoms with Crippen LogP contribution in [0.2, 0.25) is 5.02 Å². The van der Waals surface area contributed by atoms with E-state index in [0.29, 0.717) is 17.9 Å². The first kappa shape index (κ1) is 17.0. The van der Waals surface area contributed by atoms with Crippen molar-refractivity contribution in [2.75, 3.05) is 5.32 Å². The third-order valence-corrected chi connectivity index (χ3v) is 5.20. The van der Waals surface area contributed by atoms with Gasteiger partial charge in [0.25, 0.3) is 0 Å². The lowest BCUT2D eigenvalue weighted by molar-refractivity contribution is -0.121. The molecule has 0 saturated heterocycles. The van der Waals surface area contributed by atoms with Crippen molar-refractivity contribution in [2.45, 2.75) is 45.6 Å². The molecule has 1 heterocycles. The first-order chi connectivity index (χ1) is 11.5. The van der Waals surface area contributed by atoms with Gasteiger partial charge in [0.05, 0.1) is 28.2 Å². The molecule has 0 atom stereocenters. The molecule has 0 aliphatic heterocycles. The average molecular weight is 348 g/mol. The van der Waals surface area contributed by atoms with Crippen LogP contribution < -0.4 is 5.32 Å². The van der Waals surface area contributed by atoms with E-state index in [9.17, 15) is 9.90 Å². The summed E-state index contributed by atoms with van der Waals surface area (Å²) in [6.45, 7) is 3.80. The lowest BCUT2D eigenvalue weighted by atomic mass is 9.87. The third kappa shape index (κ3) is 3.47. The summed E-state index contributed by atoms with van der Waals surface area (Å²) in [5, 5.41) is 17.6. The molecule has 2 N–H and O–H groups in total. The zero-order valence-electron chi connectivity index (χ0n) is 13.9. The van der Waals surface area contributed by atoms with Crippen molar-refractivity contribution >= 4 is 23.2 Å². The molecule has 128 valence electrons. The summed E-state index contributed by atoms with van der Waals surface area (Å²) in [7, 11) is 0. The lowest BCUT2D eigenvalue weighted by Gasteiger charge is -2.24. The quantitative estimate of drug-likeness (QED) is 0.890. The Balaban J connectivity index is 1.68. The molecule has 1 fully saturated rings. The average Bonchev–Trinajstić information content (AvgIpc) is 2.84. The molecule has 6 heteroatoms. The van der Waals surface area contributed by atoms with E-state index in [1.54, 1.807) is 4.68 Å². The molecule has 3 rings (SSSR count). The number of aromatic nitrogens is 2. The maximum absolute atomic E-state index is 12.3. The number of aryl methyl sites for hydroxylation is 1. The molecule has 1 saturated carbocycles. The highest BCUT2D eigenvalue weighted by Gasteiger charge is 2.25. The van der Waals surface area contributed by atoms with Crippen LogP contribution in [0.5, 0.6) is 0 Å². The number of rotatable bonds is 3. The molecule has 24 heavy (non-hydrogen) atoms. The van der Waals surface area contributed by atoms with E-state index in [1.807, 2.05) is 38.1 Å². The number of hydrogen-bond donors (Lipinski definition) is 2. The normalized spacial score (nSPS) is 20.8. The predicted octanol–water partition coefficient (Wildman–Crippen LogP) is 3.63. The molecule has 2 aromatic rings. The number of amides is 1. The van der Waals surface area contributed by atoms with Gasteiger partial charge in [-0.15, -0.1) is 0 Å². The number of halogens is 1. The minimum atomic E-state index is -0.249. The molecule has 5 nitrogen and oxygen atoms in total. The largest absolute Gasteiger partial charge is 0.393 e. The Morgan fingerprint density at radius 2 is 1.83 bits per heavy atom.